The van der Waals surface area contributed by atoms with Gasteiger partial charge in [-0.1, -0.05) is 24.3 Å². The largest absolute Gasteiger partial charge is 0.465 e. The van der Waals surface area contributed by atoms with Gasteiger partial charge in [0, 0.05) is 12.6 Å². The molecule has 1 atom stereocenters. The summed E-state index contributed by atoms with van der Waals surface area (Å²) in [6.07, 6.45) is 0. The molecule has 0 aliphatic heterocycles. The molecule has 0 bridgehead atoms. The molecule has 1 heterocycles. The molecule has 0 fully saturated rings. The van der Waals surface area contributed by atoms with E-state index in [1.165, 1.54) is 19.2 Å². The van der Waals surface area contributed by atoms with E-state index in [1.807, 2.05) is 0 Å². The molecule has 0 aliphatic rings. The van der Waals surface area contributed by atoms with Crippen molar-refractivity contribution < 1.29 is 23.5 Å². The van der Waals surface area contributed by atoms with Crippen molar-refractivity contribution in [1.29, 1.82) is 0 Å². The number of nitrogens with one attached hydrogen (secondary N) is 2. The summed E-state index contributed by atoms with van der Waals surface area (Å²) in [4.78, 5) is 44.7. The van der Waals surface area contributed by atoms with E-state index in [1.54, 1.807) is 50.2 Å². The molecule has 0 saturated heterocycles. The van der Waals surface area contributed by atoms with E-state index in [2.05, 4.69) is 25.3 Å². The first-order valence-corrected chi connectivity index (χ1v) is 10.3. The summed E-state index contributed by atoms with van der Waals surface area (Å²) in [5.41, 5.74) is 7.86. The number of nitrogens with two attached hydrogens (primary N) is 1. The molecule has 0 aliphatic carbocycles. The van der Waals surface area contributed by atoms with Gasteiger partial charge in [-0.3, -0.25) is 9.59 Å². The lowest BCUT2D eigenvalue weighted by atomic mass is 10.1. The quantitative estimate of drug-likeness (QED) is 0.456. The average Bonchev–Trinajstić information content (AvgIpc) is 2.83. The van der Waals surface area contributed by atoms with Crippen LogP contribution in [0.5, 0.6) is 0 Å². The highest BCUT2D eigenvalue weighted by atomic mass is 19.1. The van der Waals surface area contributed by atoms with Crippen molar-refractivity contribution in [2.24, 2.45) is 0 Å². The molecule has 34 heavy (non-hydrogen) atoms. The van der Waals surface area contributed by atoms with Crippen molar-refractivity contribution in [2.45, 2.75) is 26.4 Å². The molecule has 4 N–H and O–H groups in total. The van der Waals surface area contributed by atoms with Crippen molar-refractivity contribution in [3.63, 3.8) is 0 Å². The number of benzene rings is 2. The van der Waals surface area contributed by atoms with Crippen molar-refractivity contribution in [2.75, 3.05) is 12.8 Å². The van der Waals surface area contributed by atoms with Gasteiger partial charge in [-0.25, -0.2) is 19.2 Å². The van der Waals surface area contributed by atoms with Gasteiger partial charge >= 0.3 is 5.97 Å². The van der Waals surface area contributed by atoms with Crippen LogP contribution in [0.2, 0.25) is 0 Å². The Morgan fingerprint density at radius 2 is 1.68 bits per heavy atom. The van der Waals surface area contributed by atoms with Gasteiger partial charge in [0.15, 0.2) is 0 Å². The van der Waals surface area contributed by atoms with Crippen LogP contribution < -0.4 is 16.4 Å². The van der Waals surface area contributed by atoms with Gasteiger partial charge < -0.3 is 21.1 Å². The molecule has 2 aromatic carbocycles. The molecule has 0 saturated carbocycles. The van der Waals surface area contributed by atoms with Crippen LogP contribution in [0.3, 0.4) is 0 Å². The minimum Gasteiger partial charge on any atom is -0.465 e. The Kier molecular flexibility index (Phi) is 7.52. The van der Waals surface area contributed by atoms with Gasteiger partial charge in [-0.2, -0.15) is 0 Å². The zero-order valence-corrected chi connectivity index (χ0v) is 18.9. The molecular weight excluding hydrogens is 441 g/mol. The van der Waals surface area contributed by atoms with Crippen LogP contribution in [0.4, 0.5) is 10.3 Å². The lowest BCUT2D eigenvalue weighted by Gasteiger charge is -2.15. The van der Waals surface area contributed by atoms with Crippen LogP contribution in [-0.4, -0.2) is 34.9 Å². The normalized spacial score (nSPS) is 11.4. The molecule has 0 unspecified atom stereocenters. The third kappa shape index (κ3) is 5.91. The van der Waals surface area contributed by atoms with Crippen LogP contribution in [0, 0.1) is 12.7 Å². The van der Waals surface area contributed by atoms with E-state index in [9.17, 15) is 18.8 Å². The Balaban J connectivity index is 1.68. The highest BCUT2D eigenvalue weighted by Crippen LogP contribution is 2.15. The summed E-state index contributed by atoms with van der Waals surface area (Å²) in [6, 6.07) is 11.9. The number of carbonyl (C=O) groups is 3. The first-order valence-electron chi connectivity index (χ1n) is 10.3. The monoisotopic (exact) mass is 465 g/mol. The Labute approximate surface area is 195 Å². The van der Waals surface area contributed by atoms with Crippen molar-refractivity contribution >= 4 is 23.7 Å². The lowest BCUT2D eigenvalue weighted by molar-refractivity contribution is 0.0600. The number of methoxy groups -OCH3 is 1. The van der Waals surface area contributed by atoms with E-state index in [-0.39, 0.29) is 29.7 Å². The smallest absolute Gasteiger partial charge is 0.337 e. The van der Waals surface area contributed by atoms with Crippen LogP contribution >= 0.6 is 0 Å². The van der Waals surface area contributed by atoms with Crippen LogP contribution in [0.15, 0.2) is 48.5 Å². The number of rotatable bonds is 7. The Morgan fingerprint density at radius 3 is 2.29 bits per heavy atom. The molecule has 3 rings (SSSR count). The molecule has 1 aromatic heterocycles. The molecule has 176 valence electrons. The van der Waals surface area contributed by atoms with Gasteiger partial charge in [0.2, 0.25) is 5.95 Å². The Morgan fingerprint density at radius 1 is 1.03 bits per heavy atom. The number of aryl methyl sites for hydroxylation is 1. The minimum atomic E-state index is -0.559. The molecule has 3 aromatic rings. The number of amides is 2. The van der Waals surface area contributed by atoms with Crippen LogP contribution in [0.25, 0.3) is 0 Å². The van der Waals surface area contributed by atoms with Gasteiger partial charge in [-0.15, -0.1) is 0 Å². The maximum absolute atomic E-state index is 13.4. The van der Waals surface area contributed by atoms with Gasteiger partial charge in [0.1, 0.15) is 17.2 Å². The predicted octanol–water partition coefficient (Wildman–Crippen LogP) is 2.71. The molecule has 2 amide bonds. The second-order valence-electron chi connectivity index (χ2n) is 7.57. The summed E-state index contributed by atoms with van der Waals surface area (Å²) in [5.74, 6) is -2.13. The third-order valence-corrected chi connectivity index (χ3v) is 5.06. The average molecular weight is 465 g/mol. The summed E-state index contributed by atoms with van der Waals surface area (Å²) < 4.78 is 18.1. The number of hydrogen-bond acceptors (Lipinski definition) is 7. The molecule has 0 radical (unpaired) electrons. The fourth-order valence-electron chi connectivity index (χ4n) is 3.17. The number of hydrogen-bond donors (Lipinski definition) is 3. The van der Waals surface area contributed by atoms with Crippen molar-refractivity contribution in [1.82, 2.24) is 20.6 Å². The number of nitrogen functional groups attached to an aromatic ring is 1. The van der Waals surface area contributed by atoms with Crippen molar-refractivity contribution in [3.8, 4) is 0 Å². The Bertz CT molecular complexity index is 1230. The highest BCUT2D eigenvalue weighted by Gasteiger charge is 2.18. The number of anilines is 1. The molecular formula is C24H24FN5O4. The molecule has 0 spiro atoms. The minimum absolute atomic E-state index is 0.0756. The fraction of sp³-hybridized carbons (Fsp3) is 0.208. The SMILES string of the molecule is COC(=O)c1ccc([C@H](C)NC(=O)c2cc(C(=O)NCc3ccc(F)c(C)c3)nc(N)n2)cc1. The van der Waals surface area contributed by atoms with E-state index in [0.29, 0.717) is 16.7 Å². The van der Waals surface area contributed by atoms with E-state index in [4.69, 9.17) is 5.73 Å². The number of ether oxygens (including phenoxy) is 1. The topological polar surface area (TPSA) is 136 Å². The van der Waals surface area contributed by atoms with E-state index >= 15 is 0 Å². The van der Waals surface area contributed by atoms with E-state index < -0.39 is 23.8 Å². The number of nitrogens with zero attached hydrogens (tertiary/aromatic N) is 2. The lowest BCUT2D eigenvalue weighted by Crippen LogP contribution is -2.29. The first-order chi connectivity index (χ1) is 16.2. The summed E-state index contributed by atoms with van der Waals surface area (Å²) >= 11 is 0. The summed E-state index contributed by atoms with van der Waals surface area (Å²) in [5, 5.41) is 5.43. The summed E-state index contributed by atoms with van der Waals surface area (Å²) in [6.45, 7) is 3.53. The van der Waals surface area contributed by atoms with Crippen molar-refractivity contribution in [3.05, 3.63) is 88.0 Å². The number of esters is 1. The van der Waals surface area contributed by atoms with Crippen LogP contribution in [-0.2, 0) is 11.3 Å². The summed E-state index contributed by atoms with van der Waals surface area (Å²) in [7, 11) is 1.30. The first kappa shape index (κ1) is 24.3. The molecule has 10 heteroatoms. The number of carbonyl (C=O) groups excluding carboxylic acids is 3. The number of aromatic nitrogens is 2. The van der Waals surface area contributed by atoms with Gasteiger partial charge in [-0.05, 0) is 48.7 Å². The highest BCUT2D eigenvalue weighted by molar-refractivity contribution is 5.97. The van der Waals surface area contributed by atoms with Crippen LogP contribution in [0.1, 0.15) is 61.0 Å². The Hall–Kier alpha value is -4.34. The zero-order chi connectivity index (χ0) is 24.8. The second-order valence-corrected chi connectivity index (χ2v) is 7.57. The maximum Gasteiger partial charge on any atom is 0.337 e. The fourth-order valence-corrected chi connectivity index (χ4v) is 3.17. The third-order valence-electron chi connectivity index (χ3n) is 5.06. The standard InChI is InChI=1S/C24H24FN5O4/c1-13-10-15(4-9-18(13)25)12-27-21(31)19-11-20(30-24(26)29-19)22(32)28-14(2)16-5-7-17(8-6-16)23(33)34-3/h4-11,14H,12H2,1-3H3,(H,27,31)(H,28,32)(H2,26,29,30)/t14-/m0/s1. The predicted molar refractivity (Wildman–Crippen MR) is 122 cm³/mol. The maximum atomic E-state index is 13.4. The van der Waals surface area contributed by atoms with E-state index in [0.717, 1.165) is 5.56 Å². The number of halogens is 1. The van der Waals surface area contributed by atoms with Gasteiger partial charge in [0.25, 0.3) is 11.8 Å². The zero-order valence-electron chi connectivity index (χ0n) is 18.9. The van der Waals surface area contributed by atoms with Gasteiger partial charge in [0.05, 0.1) is 18.7 Å². The molecule has 9 nitrogen and oxygen atoms in total. The second kappa shape index (κ2) is 10.5.